The number of phenols is 1. The molecule has 0 atom stereocenters. The van der Waals surface area contributed by atoms with Crippen LogP contribution in [0.3, 0.4) is 0 Å². The number of rotatable bonds is 4. The van der Waals surface area contributed by atoms with E-state index in [4.69, 9.17) is 17.0 Å². The van der Waals surface area contributed by atoms with Gasteiger partial charge in [0, 0.05) is 12.1 Å². The van der Waals surface area contributed by atoms with Gasteiger partial charge in [0.15, 0.2) is 17.7 Å². The molecule has 0 fully saturated rings. The van der Waals surface area contributed by atoms with Gasteiger partial charge in [-0.1, -0.05) is 0 Å². The van der Waals surface area contributed by atoms with Gasteiger partial charge in [0.2, 0.25) is 5.11 Å². The van der Waals surface area contributed by atoms with Crippen molar-refractivity contribution in [2.75, 3.05) is 13.7 Å². The molecule has 1 aromatic carbocycles. The lowest BCUT2D eigenvalue weighted by molar-refractivity contribution is -0.500. The number of ether oxygens (including phenoxy) is 1. The van der Waals surface area contributed by atoms with Crippen LogP contribution in [0.25, 0.3) is 0 Å². The number of halogens is 1. The molecule has 0 aliphatic carbocycles. The van der Waals surface area contributed by atoms with E-state index in [1.165, 1.54) is 7.11 Å². The fourth-order valence-electron chi connectivity index (χ4n) is 1.22. The Labute approximate surface area is 119 Å². The molecule has 4 N–H and O–H groups in total. The third kappa shape index (κ3) is 4.15. The van der Waals surface area contributed by atoms with Crippen LogP contribution in [0.4, 0.5) is 0 Å². The van der Waals surface area contributed by atoms with E-state index < -0.39 is 0 Å². The van der Waals surface area contributed by atoms with Gasteiger partial charge in [-0.3, -0.25) is 0 Å². The molecule has 1 rings (SSSR count). The minimum Gasteiger partial charge on any atom is -0.503 e. The average molecular weight is 333 g/mol. The molecule has 0 bridgehead atoms. The maximum atomic E-state index is 9.65. The Kier molecular flexibility index (Phi) is 5.87. The summed E-state index contributed by atoms with van der Waals surface area (Å²) in [5.74, 6) is 0.470. The summed E-state index contributed by atoms with van der Waals surface area (Å²) in [6, 6.07) is 3.45. The van der Waals surface area contributed by atoms with Crippen LogP contribution < -0.4 is 20.6 Å². The molecule has 0 heterocycles. The van der Waals surface area contributed by atoms with Gasteiger partial charge < -0.3 is 15.2 Å². The van der Waals surface area contributed by atoms with E-state index in [0.717, 1.165) is 12.1 Å². The zero-order chi connectivity index (χ0) is 13.5. The maximum absolute atomic E-state index is 9.65. The second kappa shape index (κ2) is 7.17. The summed E-state index contributed by atoms with van der Waals surface area (Å²) in [6.07, 6.45) is 1.70. The first-order valence-electron chi connectivity index (χ1n) is 5.27. The number of hydrazine groups is 1. The van der Waals surface area contributed by atoms with E-state index in [0.29, 0.717) is 15.3 Å². The first kappa shape index (κ1) is 14.7. The van der Waals surface area contributed by atoms with E-state index in [1.807, 2.05) is 6.92 Å². The molecule has 0 aliphatic rings. The zero-order valence-electron chi connectivity index (χ0n) is 10.1. The Morgan fingerprint density at radius 3 is 2.94 bits per heavy atom. The summed E-state index contributed by atoms with van der Waals surface area (Å²) in [5, 5.41) is 16.0. The molecule has 0 unspecified atom stereocenters. The zero-order valence-corrected chi connectivity index (χ0v) is 12.5. The van der Waals surface area contributed by atoms with Crippen molar-refractivity contribution in [3.63, 3.8) is 0 Å². The number of hydrogen-bond donors (Lipinski definition) is 4. The number of hydrogen-bond acceptors (Lipinski definition) is 3. The van der Waals surface area contributed by atoms with Gasteiger partial charge in [0.05, 0.1) is 11.6 Å². The molecule has 98 valence electrons. The Morgan fingerprint density at radius 1 is 1.61 bits per heavy atom. The van der Waals surface area contributed by atoms with Gasteiger partial charge >= 0.3 is 0 Å². The summed E-state index contributed by atoms with van der Waals surface area (Å²) in [7, 11) is 1.50. The fraction of sp³-hybridized carbons (Fsp3) is 0.273. The molecule has 7 heteroatoms. The van der Waals surface area contributed by atoms with Gasteiger partial charge in [-0.25, -0.2) is 0 Å². The van der Waals surface area contributed by atoms with Gasteiger partial charge in [-0.05, 0) is 47.2 Å². The van der Waals surface area contributed by atoms with Crippen LogP contribution in [0.1, 0.15) is 12.5 Å². The Hall–Kier alpha value is -1.34. The summed E-state index contributed by atoms with van der Waals surface area (Å²) >= 11 is 8.23. The van der Waals surface area contributed by atoms with Crippen molar-refractivity contribution >= 4 is 39.5 Å². The monoisotopic (exact) mass is 332 g/mol. The molecule has 5 nitrogen and oxygen atoms in total. The first-order valence-corrected chi connectivity index (χ1v) is 6.47. The predicted octanol–water partition coefficient (Wildman–Crippen LogP) is 0.0618. The van der Waals surface area contributed by atoms with E-state index in [1.54, 1.807) is 18.3 Å². The van der Waals surface area contributed by atoms with E-state index in [2.05, 4.69) is 31.8 Å². The second-order valence-electron chi connectivity index (χ2n) is 3.33. The second-order valence-corrected chi connectivity index (χ2v) is 4.59. The highest BCUT2D eigenvalue weighted by molar-refractivity contribution is 9.10. The summed E-state index contributed by atoms with van der Waals surface area (Å²) in [5.41, 5.74) is 3.62. The quantitative estimate of drug-likeness (QED) is 0.357. The van der Waals surface area contributed by atoms with Crippen LogP contribution in [-0.2, 0) is 0 Å². The van der Waals surface area contributed by atoms with Crippen molar-refractivity contribution in [3.05, 3.63) is 22.2 Å². The Bertz CT molecular complexity index is 466. The maximum Gasteiger partial charge on any atom is 0.223 e. The SMILES string of the molecule is CCNC(=S)N[NH+]=Cc1cc(Br)c(O)c(OC)c1. The van der Waals surface area contributed by atoms with Crippen molar-refractivity contribution < 1.29 is 14.9 Å². The normalized spacial score (nSPS) is 10.4. The topological polar surface area (TPSA) is 67.5 Å². The summed E-state index contributed by atoms with van der Waals surface area (Å²) in [6.45, 7) is 2.71. The molecule has 0 saturated carbocycles. The first-order chi connectivity index (χ1) is 8.58. The van der Waals surface area contributed by atoms with Crippen molar-refractivity contribution in [2.45, 2.75) is 6.92 Å². The van der Waals surface area contributed by atoms with Crippen LogP contribution in [-0.4, -0.2) is 30.1 Å². The minimum absolute atomic E-state index is 0.0748. The number of phenolic OH excluding ortho intramolecular Hbond substituents is 1. The lowest BCUT2D eigenvalue weighted by Gasteiger charge is -2.05. The van der Waals surface area contributed by atoms with Crippen LogP contribution in [0.5, 0.6) is 11.5 Å². The molecule has 0 radical (unpaired) electrons. The van der Waals surface area contributed by atoms with Crippen LogP contribution in [0.2, 0.25) is 0 Å². The van der Waals surface area contributed by atoms with E-state index in [9.17, 15) is 5.11 Å². The smallest absolute Gasteiger partial charge is 0.223 e. The van der Waals surface area contributed by atoms with Crippen molar-refractivity contribution in [2.24, 2.45) is 0 Å². The molecular weight excluding hydrogens is 318 g/mol. The largest absolute Gasteiger partial charge is 0.503 e. The van der Waals surface area contributed by atoms with Crippen molar-refractivity contribution in [1.29, 1.82) is 0 Å². The van der Waals surface area contributed by atoms with E-state index in [-0.39, 0.29) is 5.75 Å². The predicted molar refractivity (Wildman–Crippen MR) is 77.9 cm³/mol. The van der Waals surface area contributed by atoms with Crippen molar-refractivity contribution in [3.8, 4) is 11.5 Å². The van der Waals surface area contributed by atoms with Gasteiger partial charge in [0.1, 0.15) is 0 Å². The van der Waals surface area contributed by atoms with Gasteiger partial charge in [0.25, 0.3) is 0 Å². The molecular formula is C11H15BrN3O2S+. The Morgan fingerprint density at radius 2 is 2.33 bits per heavy atom. The number of benzene rings is 1. The molecule has 0 saturated heterocycles. The summed E-state index contributed by atoms with van der Waals surface area (Å²) in [4.78, 5) is 0. The van der Waals surface area contributed by atoms with Crippen LogP contribution in [0, 0.1) is 0 Å². The Balaban J connectivity index is 2.76. The lowest BCUT2D eigenvalue weighted by Crippen LogP contribution is -2.82. The van der Waals surface area contributed by atoms with E-state index >= 15 is 0 Å². The highest BCUT2D eigenvalue weighted by Crippen LogP contribution is 2.34. The molecule has 0 aliphatic heterocycles. The molecule has 1 aromatic rings. The number of hydrazone groups is 1. The molecule has 0 spiro atoms. The molecule has 0 aromatic heterocycles. The highest BCUT2D eigenvalue weighted by Gasteiger charge is 2.08. The molecule has 0 amide bonds. The minimum atomic E-state index is 0.0748. The summed E-state index contributed by atoms with van der Waals surface area (Å²) < 4.78 is 5.61. The third-order valence-corrected chi connectivity index (χ3v) is 2.88. The number of aromatic hydroxyl groups is 1. The standard InChI is InChI=1S/C11H14BrN3O2S/c1-3-13-11(18)15-14-6-7-4-8(12)10(16)9(5-7)17-2/h4-6,16H,3H2,1-2H3,(H2,13,15,18)/p+1. The van der Waals surface area contributed by atoms with Crippen molar-refractivity contribution in [1.82, 2.24) is 10.7 Å². The molecule has 18 heavy (non-hydrogen) atoms. The van der Waals surface area contributed by atoms with Crippen LogP contribution in [0.15, 0.2) is 16.6 Å². The van der Waals surface area contributed by atoms with Gasteiger partial charge in [-0.2, -0.15) is 0 Å². The lowest BCUT2D eigenvalue weighted by atomic mass is 10.2. The van der Waals surface area contributed by atoms with Crippen LogP contribution >= 0.6 is 28.1 Å². The number of methoxy groups -OCH3 is 1. The highest BCUT2D eigenvalue weighted by atomic mass is 79.9. The average Bonchev–Trinajstić information content (AvgIpc) is 2.33. The number of thiocarbonyl (C=S) groups is 1. The third-order valence-electron chi connectivity index (χ3n) is 2.03. The number of nitrogens with one attached hydrogen (secondary N) is 3. The van der Waals surface area contributed by atoms with Gasteiger partial charge in [-0.15, -0.1) is 10.5 Å². The fourth-order valence-corrected chi connectivity index (χ4v) is 1.89.